The Bertz CT molecular complexity index is 307. The van der Waals surface area contributed by atoms with Crippen molar-refractivity contribution < 1.29 is 9.84 Å². The molecule has 15 heavy (non-hydrogen) atoms. The third-order valence-electron chi connectivity index (χ3n) is 2.78. The molecule has 1 saturated heterocycles. The minimum absolute atomic E-state index is 0.0213. The lowest BCUT2D eigenvalue weighted by Crippen LogP contribution is -2.28. The molecule has 1 aromatic heterocycles. The second kappa shape index (κ2) is 4.72. The standard InChI is InChI=1S/C10H17N3O2/c1-2-13-10(11-7-12-13)6-8(14)9-4-3-5-15-9/h7-9,14H,2-6H2,1H3. The zero-order chi connectivity index (χ0) is 10.7. The molecule has 5 nitrogen and oxygen atoms in total. The van der Waals surface area contributed by atoms with Crippen molar-refractivity contribution in [3.8, 4) is 0 Å². The highest BCUT2D eigenvalue weighted by Gasteiger charge is 2.25. The topological polar surface area (TPSA) is 60.2 Å². The number of aromatic nitrogens is 3. The molecule has 0 saturated carbocycles. The first kappa shape index (κ1) is 10.6. The molecular formula is C10H17N3O2. The van der Waals surface area contributed by atoms with Gasteiger partial charge in [0.05, 0.1) is 12.2 Å². The maximum atomic E-state index is 9.93. The van der Waals surface area contributed by atoms with Gasteiger partial charge in [-0.05, 0) is 19.8 Å². The number of hydrogen-bond acceptors (Lipinski definition) is 4. The molecule has 1 fully saturated rings. The first-order valence-electron chi connectivity index (χ1n) is 5.47. The summed E-state index contributed by atoms with van der Waals surface area (Å²) < 4.78 is 7.23. The third-order valence-corrected chi connectivity index (χ3v) is 2.78. The van der Waals surface area contributed by atoms with Crippen molar-refractivity contribution in [2.24, 2.45) is 0 Å². The van der Waals surface area contributed by atoms with Crippen LogP contribution in [-0.2, 0) is 17.7 Å². The van der Waals surface area contributed by atoms with Crippen molar-refractivity contribution in [1.82, 2.24) is 14.8 Å². The number of aryl methyl sites for hydroxylation is 1. The largest absolute Gasteiger partial charge is 0.390 e. The zero-order valence-corrected chi connectivity index (χ0v) is 8.96. The minimum Gasteiger partial charge on any atom is -0.390 e. The maximum Gasteiger partial charge on any atom is 0.138 e. The molecule has 1 aromatic rings. The molecule has 0 aromatic carbocycles. The Balaban J connectivity index is 1.95. The van der Waals surface area contributed by atoms with Crippen molar-refractivity contribution in [1.29, 1.82) is 0 Å². The average molecular weight is 211 g/mol. The molecule has 0 aliphatic carbocycles. The summed E-state index contributed by atoms with van der Waals surface area (Å²) in [5.41, 5.74) is 0. The van der Waals surface area contributed by atoms with Crippen LogP contribution in [0.1, 0.15) is 25.6 Å². The highest BCUT2D eigenvalue weighted by molar-refractivity contribution is 4.90. The second-order valence-electron chi connectivity index (χ2n) is 3.81. The summed E-state index contributed by atoms with van der Waals surface area (Å²) in [6.45, 7) is 3.56. The third kappa shape index (κ3) is 2.35. The fourth-order valence-corrected chi connectivity index (χ4v) is 1.93. The second-order valence-corrected chi connectivity index (χ2v) is 3.81. The summed E-state index contributed by atoms with van der Waals surface area (Å²) in [7, 11) is 0. The van der Waals surface area contributed by atoms with Gasteiger partial charge in [-0.3, -0.25) is 4.68 Å². The summed E-state index contributed by atoms with van der Waals surface area (Å²) in [6, 6.07) is 0. The van der Waals surface area contributed by atoms with E-state index in [-0.39, 0.29) is 6.10 Å². The molecule has 2 unspecified atom stereocenters. The van der Waals surface area contributed by atoms with Gasteiger partial charge in [-0.1, -0.05) is 0 Å². The summed E-state index contributed by atoms with van der Waals surface area (Å²) in [6.07, 6.45) is 3.57. The van der Waals surface area contributed by atoms with E-state index >= 15 is 0 Å². The Morgan fingerprint density at radius 1 is 1.73 bits per heavy atom. The van der Waals surface area contributed by atoms with Crippen LogP contribution in [0.3, 0.4) is 0 Å². The Hall–Kier alpha value is -0.940. The average Bonchev–Trinajstić information content (AvgIpc) is 2.87. The summed E-state index contributed by atoms with van der Waals surface area (Å²) in [4.78, 5) is 4.13. The van der Waals surface area contributed by atoms with E-state index in [0.29, 0.717) is 6.42 Å². The van der Waals surface area contributed by atoms with Gasteiger partial charge in [0.15, 0.2) is 0 Å². The summed E-state index contributed by atoms with van der Waals surface area (Å²) in [5.74, 6) is 0.834. The van der Waals surface area contributed by atoms with Crippen molar-refractivity contribution in [3.05, 3.63) is 12.2 Å². The lowest BCUT2D eigenvalue weighted by Gasteiger charge is -2.16. The van der Waals surface area contributed by atoms with Crippen LogP contribution in [0, 0.1) is 0 Å². The normalized spacial score (nSPS) is 23.2. The van der Waals surface area contributed by atoms with Gasteiger partial charge >= 0.3 is 0 Å². The van der Waals surface area contributed by atoms with Crippen LogP contribution in [0.2, 0.25) is 0 Å². The van der Waals surface area contributed by atoms with E-state index < -0.39 is 6.10 Å². The monoisotopic (exact) mass is 211 g/mol. The van der Waals surface area contributed by atoms with Crippen molar-refractivity contribution in [2.45, 2.75) is 44.9 Å². The molecular weight excluding hydrogens is 194 g/mol. The first-order valence-corrected chi connectivity index (χ1v) is 5.47. The van der Waals surface area contributed by atoms with Crippen LogP contribution >= 0.6 is 0 Å². The highest BCUT2D eigenvalue weighted by atomic mass is 16.5. The summed E-state index contributed by atoms with van der Waals surface area (Å²) >= 11 is 0. The zero-order valence-electron chi connectivity index (χ0n) is 8.96. The van der Waals surface area contributed by atoms with E-state index in [0.717, 1.165) is 31.8 Å². The number of aliphatic hydroxyl groups is 1. The first-order chi connectivity index (χ1) is 7.31. The molecule has 2 atom stereocenters. The van der Waals surface area contributed by atoms with Crippen LogP contribution in [-0.4, -0.2) is 38.7 Å². The molecule has 0 amide bonds. The molecule has 1 aliphatic rings. The number of rotatable bonds is 4. The fraction of sp³-hybridized carbons (Fsp3) is 0.800. The Morgan fingerprint density at radius 2 is 2.60 bits per heavy atom. The van der Waals surface area contributed by atoms with Crippen LogP contribution in [0.15, 0.2) is 6.33 Å². The fourth-order valence-electron chi connectivity index (χ4n) is 1.93. The smallest absolute Gasteiger partial charge is 0.138 e. The molecule has 0 radical (unpaired) electrons. The lowest BCUT2D eigenvalue weighted by molar-refractivity contribution is -0.00214. The van der Waals surface area contributed by atoms with Crippen LogP contribution < -0.4 is 0 Å². The molecule has 1 aliphatic heterocycles. The Morgan fingerprint density at radius 3 is 3.27 bits per heavy atom. The van der Waals surface area contributed by atoms with Crippen LogP contribution in [0.4, 0.5) is 0 Å². The van der Waals surface area contributed by atoms with E-state index in [9.17, 15) is 5.11 Å². The van der Waals surface area contributed by atoms with Gasteiger partial charge in [0.2, 0.25) is 0 Å². The van der Waals surface area contributed by atoms with Gasteiger partial charge in [-0.15, -0.1) is 0 Å². The quantitative estimate of drug-likeness (QED) is 0.782. The Kier molecular flexibility index (Phi) is 3.33. The number of nitrogens with zero attached hydrogens (tertiary/aromatic N) is 3. The molecule has 0 bridgehead atoms. The lowest BCUT2D eigenvalue weighted by atomic mass is 10.1. The molecule has 1 N–H and O–H groups in total. The van der Waals surface area contributed by atoms with E-state index in [2.05, 4.69) is 10.1 Å². The highest BCUT2D eigenvalue weighted by Crippen LogP contribution is 2.17. The maximum absolute atomic E-state index is 9.93. The van der Waals surface area contributed by atoms with E-state index in [1.807, 2.05) is 6.92 Å². The Labute approximate surface area is 89.1 Å². The van der Waals surface area contributed by atoms with E-state index in [4.69, 9.17) is 4.74 Å². The van der Waals surface area contributed by atoms with Gasteiger partial charge in [0.1, 0.15) is 12.2 Å². The van der Waals surface area contributed by atoms with E-state index in [1.54, 1.807) is 4.68 Å². The molecule has 2 heterocycles. The molecule has 2 rings (SSSR count). The van der Waals surface area contributed by atoms with Crippen molar-refractivity contribution >= 4 is 0 Å². The number of aliphatic hydroxyl groups excluding tert-OH is 1. The molecule has 0 spiro atoms. The minimum atomic E-state index is -0.456. The van der Waals surface area contributed by atoms with Crippen LogP contribution in [0.25, 0.3) is 0 Å². The van der Waals surface area contributed by atoms with Gasteiger partial charge < -0.3 is 9.84 Å². The molecule has 84 valence electrons. The molecule has 5 heteroatoms. The van der Waals surface area contributed by atoms with Gasteiger partial charge in [-0.25, -0.2) is 4.98 Å². The number of hydrogen-bond donors (Lipinski definition) is 1. The van der Waals surface area contributed by atoms with E-state index in [1.165, 1.54) is 6.33 Å². The SMILES string of the molecule is CCn1ncnc1CC(O)C1CCCO1. The number of ether oxygens (including phenoxy) is 1. The predicted octanol–water partition coefficient (Wildman–Crippen LogP) is 0.380. The van der Waals surface area contributed by atoms with Gasteiger partial charge in [0.25, 0.3) is 0 Å². The van der Waals surface area contributed by atoms with Crippen molar-refractivity contribution in [3.63, 3.8) is 0 Å². The van der Waals surface area contributed by atoms with Crippen LogP contribution in [0.5, 0.6) is 0 Å². The van der Waals surface area contributed by atoms with Gasteiger partial charge in [-0.2, -0.15) is 5.10 Å². The van der Waals surface area contributed by atoms with Crippen molar-refractivity contribution in [2.75, 3.05) is 6.61 Å². The summed E-state index contributed by atoms with van der Waals surface area (Å²) in [5, 5.41) is 14.0. The van der Waals surface area contributed by atoms with Gasteiger partial charge in [0, 0.05) is 19.6 Å². The predicted molar refractivity (Wildman–Crippen MR) is 54.4 cm³/mol.